The molecule has 0 unspecified atom stereocenters. The van der Waals surface area contributed by atoms with E-state index in [0.29, 0.717) is 21.7 Å². The molecule has 0 atom stereocenters. The lowest BCUT2D eigenvalue weighted by molar-refractivity contribution is 0.0682. The van der Waals surface area contributed by atoms with Gasteiger partial charge in [-0.15, -0.1) is 0 Å². The molecule has 3 rings (SSSR count). The van der Waals surface area contributed by atoms with Crippen molar-refractivity contribution in [2.24, 2.45) is 0 Å². The van der Waals surface area contributed by atoms with E-state index in [9.17, 15) is 30.0 Å². The number of hydrogen-bond donors (Lipinski definition) is 4. The van der Waals surface area contributed by atoms with Crippen molar-refractivity contribution in [3.8, 4) is 11.5 Å². The summed E-state index contributed by atoms with van der Waals surface area (Å²) in [5, 5.41) is 39.0. The molecule has 0 saturated carbocycles. The summed E-state index contributed by atoms with van der Waals surface area (Å²) in [6.07, 6.45) is 0. The Morgan fingerprint density at radius 3 is 1.62 bits per heavy atom. The number of rotatable bonds is 5. The third kappa shape index (κ3) is 4.13. The molecule has 0 fully saturated rings. The Morgan fingerprint density at radius 1 is 0.724 bits per heavy atom. The zero-order valence-corrected chi connectivity index (χ0v) is 16.1. The predicted octanol–water partition coefficient (Wildman–Crippen LogP) is 4.98. The van der Waals surface area contributed by atoms with Crippen LogP contribution in [0.4, 0.5) is 0 Å². The predicted molar refractivity (Wildman–Crippen MR) is 108 cm³/mol. The summed E-state index contributed by atoms with van der Waals surface area (Å²) in [5.74, 6) is -4.13. The van der Waals surface area contributed by atoms with Gasteiger partial charge in [0, 0.05) is 16.0 Å². The highest BCUT2D eigenvalue weighted by Gasteiger charge is 2.24. The van der Waals surface area contributed by atoms with Crippen LogP contribution < -0.4 is 0 Å². The van der Waals surface area contributed by atoms with Gasteiger partial charge in [-0.05, 0) is 53.1 Å². The first-order valence-corrected chi connectivity index (χ1v) is 9.02. The fourth-order valence-electron chi connectivity index (χ4n) is 3.10. The Bertz CT molecular complexity index is 1060. The fourth-order valence-corrected chi connectivity index (χ4v) is 3.61. The van der Waals surface area contributed by atoms with Crippen LogP contribution in [0, 0.1) is 0 Å². The molecule has 8 heteroatoms. The van der Waals surface area contributed by atoms with E-state index < -0.39 is 29.4 Å². The SMILES string of the molecule is O=C(O)c1cc(C(c2ccc(O)c(C(=O)O)c2)c2ccc(Cl)cc2Cl)ccc1O. The van der Waals surface area contributed by atoms with Crippen molar-refractivity contribution in [1.82, 2.24) is 0 Å². The minimum absolute atomic E-state index is 0.289. The van der Waals surface area contributed by atoms with Crippen LogP contribution in [0.1, 0.15) is 43.3 Å². The highest BCUT2D eigenvalue weighted by molar-refractivity contribution is 6.35. The average Bonchev–Trinajstić information content (AvgIpc) is 2.65. The number of carboxylic acid groups (broad SMARTS) is 2. The Morgan fingerprint density at radius 2 is 1.21 bits per heavy atom. The maximum absolute atomic E-state index is 11.5. The molecule has 0 radical (unpaired) electrons. The fraction of sp³-hybridized carbons (Fsp3) is 0.0476. The molecule has 6 nitrogen and oxygen atoms in total. The molecule has 3 aromatic rings. The molecular formula is C21H14Cl2O6. The van der Waals surface area contributed by atoms with Gasteiger partial charge in [-0.1, -0.05) is 41.4 Å². The number of carboxylic acids is 2. The quantitative estimate of drug-likeness (QED) is 0.422. The minimum atomic E-state index is -1.32. The topological polar surface area (TPSA) is 115 Å². The third-order valence-electron chi connectivity index (χ3n) is 4.44. The molecule has 4 N–H and O–H groups in total. The third-order valence-corrected chi connectivity index (χ3v) is 5.00. The van der Waals surface area contributed by atoms with Crippen molar-refractivity contribution in [3.63, 3.8) is 0 Å². The van der Waals surface area contributed by atoms with Gasteiger partial charge in [0.1, 0.15) is 22.6 Å². The van der Waals surface area contributed by atoms with Gasteiger partial charge in [0.15, 0.2) is 0 Å². The van der Waals surface area contributed by atoms with Crippen LogP contribution in [0.25, 0.3) is 0 Å². The highest BCUT2D eigenvalue weighted by atomic mass is 35.5. The number of aromatic carboxylic acids is 2. The minimum Gasteiger partial charge on any atom is -0.507 e. The Hall–Kier alpha value is -3.22. The molecule has 0 aromatic heterocycles. The smallest absolute Gasteiger partial charge is 0.339 e. The van der Waals surface area contributed by atoms with E-state index in [4.69, 9.17) is 23.2 Å². The zero-order valence-electron chi connectivity index (χ0n) is 14.6. The Balaban J connectivity index is 2.29. The number of benzene rings is 3. The van der Waals surface area contributed by atoms with Crippen LogP contribution in [0.3, 0.4) is 0 Å². The summed E-state index contributed by atoms with van der Waals surface area (Å²) in [6.45, 7) is 0. The summed E-state index contributed by atoms with van der Waals surface area (Å²) >= 11 is 12.4. The van der Waals surface area contributed by atoms with Crippen LogP contribution in [0.5, 0.6) is 11.5 Å². The molecule has 148 valence electrons. The molecule has 3 aromatic carbocycles. The van der Waals surface area contributed by atoms with Crippen LogP contribution in [0.15, 0.2) is 54.6 Å². The molecule has 0 bridgehead atoms. The van der Waals surface area contributed by atoms with Crippen molar-refractivity contribution in [3.05, 3.63) is 92.5 Å². The first-order valence-electron chi connectivity index (χ1n) is 8.26. The maximum Gasteiger partial charge on any atom is 0.339 e. The van der Waals surface area contributed by atoms with Gasteiger partial charge in [-0.2, -0.15) is 0 Å². The molecule has 0 aliphatic rings. The van der Waals surface area contributed by atoms with Crippen molar-refractivity contribution >= 4 is 35.1 Å². The molecule has 0 aliphatic carbocycles. The molecule has 0 aliphatic heterocycles. The molecule has 0 saturated heterocycles. The van der Waals surface area contributed by atoms with Gasteiger partial charge in [-0.25, -0.2) is 9.59 Å². The summed E-state index contributed by atoms with van der Waals surface area (Å²) < 4.78 is 0. The average molecular weight is 433 g/mol. The lowest BCUT2D eigenvalue weighted by atomic mass is 9.83. The second-order valence-corrected chi connectivity index (χ2v) is 7.11. The number of hydrogen-bond acceptors (Lipinski definition) is 4. The van der Waals surface area contributed by atoms with Gasteiger partial charge in [0.2, 0.25) is 0 Å². The first kappa shape index (κ1) is 20.5. The highest BCUT2D eigenvalue weighted by Crippen LogP contribution is 2.39. The van der Waals surface area contributed by atoms with Crippen LogP contribution in [0.2, 0.25) is 10.0 Å². The van der Waals surface area contributed by atoms with Gasteiger partial charge >= 0.3 is 11.9 Å². The maximum atomic E-state index is 11.5. The zero-order chi connectivity index (χ0) is 21.3. The van der Waals surface area contributed by atoms with Crippen LogP contribution >= 0.6 is 23.2 Å². The standard InChI is InChI=1S/C21H14Cl2O6/c22-12-3-4-13(16(23)9-12)19(10-1-5-17(24)14(7-10)20(26)27)11-2-6-18(25)15(8-11)21(28)29/h1-9,19,24-25H,(H,26,27)(H,28,29). The van der Waals surface area contributed by atoms with Crippen molar-refractivity contribution in [2.45, 2.75) is 5.92 Å². The van der Waals surface area contributed by atoms with E-state index in [-0.39, 0.29) is 16.1 Å². The van der Waals surface area contributed by atoms with Crippen molar-refractivity contribution in [2.75, 3.05) is 0 Å². The van der Waals surface area contributed by atoms with Crippen LogP contribution in [-0.2, 0) is 0 Å². The largest absolute Gasteiger partial charge is 0.507 e. The van der Waals surface area contributed by atoms with E-state index in [1.807, 2.05) is 0 Å². The number of carbonyl (C=O) groups is 2. The monoisotopic (exact) mass is 432 g/mol. The second-order valence-electron chi connectivity index (χ2n) is 6.26. The molecule has 0 spiro atoms. The Labute approximate surface area is 175 Å². The summed E-state index contributed by atoms with van der Waals surface area (Å²) in [5.41, 5.74) is 0.822. The second kappa shape index (κ2) is 8.03. The normalized spacial score (nSPS) is 10.9. The summed E-state index contributed by atoms with van der Waals surface area (Å²) in [7, 11) is 0. The van der Waals surface area contributed by atoms with Crippen molar-refractivity contribution in [1.29, 1.82) is 0 Å². The van der Waals surface area contributed by atoms with Crippen molar-refractivity contribution < 1.29 is 30.0 Å². The number of phenols is 2. The summed E-state index contributed by atoms with van der Waals surface area (Å²) in [4.78, 5) is 22.9. The van der Waals surface area contributed by atoms with Crippen LogP contribution in [-0.4, -0.2) is 32.4 Å². The Kier molecular flexibility index (Phi) is 5.68. The lowest BCUT2D eigenvalue weighted by Gasteiger charge is -2.21. The molecule has 0 amide bonds. The van der Waals surface area contributed by atoms with E-state index in [2.05, 4.69) is 0 Å². The van der Waals surface area contributed by atoms with Gasteiger partial charge in [-0.3, -0.25) is 0 Å². The van der Waals surface area contributed by atoms with E-state index >= 15 is 0 Å². The number of halogens is 2. The van der Waals surface area contributed by atoms with E-state index in [0.717, 1.165) is 0 Å². The molecule has 0 heterocycles. The summed E-state index contributed by atoms with van der Waals surface area (Å²) in [6, 6.07) is 12.9. The van der Waals surface area contributed by atoms with Gasteiger partial charge < -0.3 is 20.4 Å². The van der Waals surface area contributed by atoms with Gasteiger partial charge in [0.25, 0.3) is 0 Å². The van der Waals surface area contributed by atoms with Gasteiger partial charge in [0.05, 0.1) is 0 Å². The molecule has 29 heavy (non-hydrogen) atoms. The lowest BCUT2D eigenvalue weighted by Crippen LogP contribution is -2.08. The van der Waals surface area contributed by atoms with E-state index in [1.165, 1.54) is 42.5 Å². The van der Waals surface area contributed by atoms with E-state index in [1.54, 1.807) is 12.1 Å². The first-order chi connectivity index (χ1) is 13.7. The number of aromatic hydroxyl groups is 2. The molecular weight excluding hydrogens is 419 g/mol.